The minimum atomic E-state index is -1.64. The molecule has 1 heterocycles. The maximum atomic E-state index is 12.5. The first kappa shape index (κ1) is 20.2. The average molecular weight is 397 g/mol. The molecule has 0 bridgehead atoms. The van der Waals surface area contributed by atoms with Gasteiger partial charge in [0.1, 0.15) is 0 Å². The van der Waals surface area contributed by atoms with Gasteiger partial charge in [-0.2, -0.15) is 0 Å². The van der Waals surface area contributed by atoms with Gasteiger partial charge in [0.2, 0.25) is 0 Å². The molecule has 0 radical (unpaired) electrons. The molecule has 0 saturated carbocycles. The summed E-state index contributed by atoms with van der Waals surface area (Å²) >= 11 is 7.89. The van der Waals surface area contributed by atoms with Crippen molar-refractivity contribution in [3.63, 3.8) is 0 Å². The third-order valence-electron chi connectivity index (χ3n) is 3.84. The van der Waals surface area contributed by atoms with Crippen LogP contribution < -0.4 is 4.80 Å². The second-order valence-corrected chi connectivity index (χ2v) is 6.92. The van der Waals surface area contributed by atoms with Crippen molar-refractivity contribution in [3.05, 3.63) is 45.2 Å². The molecule has 0 saturated heterocycles. The summed E-state index contributed by atoms with van der Waals surface area (Å²) < 4.78 is 12.1. The number of aromatic nitrogens is 1. The molecule has 8 heteroatoms. The van der Waals surface area contributed by atoms with Gasteiger partial charge in [0, 0.05) is 23.6 Å². The molecule has 0 aliphatic carbocycles. The molecule has 0 spiro atoms. The molecule has 0 unspecified atom stereocenters. The number of halogens is 1. The van der Waals surface area contributed by atoms with Gasteiger partial charge in [0.25, 0.3) is 0 Å². The molecule has 0 aliphatic rings. The predicted octanol–water partition coefficient (Wildman–Crippen LogP) is 3.36. The Kier molecular flexibility index (Phi) is 6.61. The maximum absolute atomic E-state index is 12.5. The van der Waals surface area contributed by atoms with Crippen LogP contribution in [0.25, 0.3) is 0 Å². The van der Waals surface area contributed by atoms with Crippen molar-refractivity contribution < 1.29 is 19.1 Å². The number of thiazole rings is 1. The molecule has 1 aromatic heterocycles. The van der Waals surface area contributed by atoms with Crippen LogP contribution in [-0.4, -0.2) is 29.7 Å². The van der Waals surface area contributed by atoms with Crippen LogP contribution in [-0.2, 0) is 31.5 Å². The van der Waals surface area contributed by atoms with E-state index in [1.165, 1.54) is 18.3 Å². The molecule has 0 fully saturated rings. The van der Waals surface area contributed by atoms with Crippen molar-refractivity contribution in [2.24, 2.45) is 12.0 Å². The predicted molar refractivity (Wildman–Crippen MR) is 101 cm³/mol. The third-order valence-corrected chi connectivity index (χ3v) is 5.00. The smallest absolute Gasteiger partial charge is 0.327 e. The van der Waals surface area contributed by atoms with Crippen LogP contribution in [0.1, 0.15) is 26.3 Å². The molecule has 2 aromatic rings. The number of aryl methyl sites for hydroxylation is 1. The minimum absolute atomic E-state index is 0.147. The van der Waals surface area contributed by atoms with Gasteiger partial charge < -0.3 is 14.0 Å². The van der Waals surface area contributed by atoms with Crippen molar-refractivity contribution in [2.45, 2.75) is 26.2 Å². The standard InChI is InChI=1S/C18H21ClN2O4S/c1-5-24-15(22)18(3,16(23)25-6-2)13-8-7-12(11-14(13)19)20-17-21(4)9-10-26-17/h7-11H,5-6H2,1-4H3. The molecule has 1 aromatic carbocycles. The van der Waals surface area contributed by atoms with Gasteiger partial charge in [-0.3, -0.25) is 9.59 Å². The van der Waals surface area contributed by atoms with E-state index in [0.29, 0.717) is 11.3 Å². The molecule has 26 heavy (non-hydrogen) atoms. The number of hydrogen-bond donors (Lipinski definition) is 0. The lowest BCUT2D eigenvalue weighted by molar-refractivity contribution is -0.163. The quantitative estimate of drug-likeness (QED) is 0.554. The summed E-state index contributed by atoms with van der Waals surface area (Å²) in [5.41, 5.74) is -0.702. The van der Waals surface area contributed by atoms with Gasteiger partial charge in [-0.25, -0.2) is 4.99 Å². The van der Waals surface area contributed by atoms with Gasteiger partial charge in [0.05, 0.1) is 18.9 Å². The Morgan fingerprint density at radius 3 is 2.31 bits per heavy atom. The molecule has 2 rings (SSSR count). The highest BCUT2D eigenvalue weighted by atomic mass is 35.5. The van der Waals surface area contributed by atoms with E-state index in [-0.39, 0.29) is 18.2 Å². The Morgan fingerprint density at radius 2 is 1.85 bits per heavy atom. The van der Waals surface area contributed by atoms with Crippen LogP contribution >= 0.6 is 22.9 Å². The highest BCUT2D eigenvalue weighted by molar-refractivity contribution is 7.07. The minimum Gasteiger partial charge on any atom is -0.465 e. The Bertz CT molecular complexity index is 854. The van der Waals surface area contributed by atoms with Crippen LogP contribution in [0.3, 0.4) is 0 Å². The summed E-state index contributed by atoms with van der Waals surface area (Å²) in [6.07, 6.45) is 1.90. The zero-order valence-corrected chi connectivity index (χ0v) is 16.7. The monoisotopic (exact) mass is 396 g/mol. The third kappa shape index (κ3) is 3.99. The normalized spacial score (nSPS) is 12.1. The van der Waals surface area contributed by atoms with E-state index < -0.39 is 17.4 Å². The number of carbonyl (C=O) groups excluding carboxylic acids is 2. The fourth-order valence-electron chi connectivity index (χ4n) is 2.38. The van der Waals surface area contributed by atoms with Crippen molar-refractivity contribution in [1.82, 2.24) is 4.57 Å². The van der Waals surface area contributed by atoms with Gasteiger partial charge in [0.15, 0.2) is 10.2 Å². The summed E-state index contributed by atoms with van der Waals surface area (Å²) in [5.74, 6) is -1.40. The number of nitrogens with zero attached hydrogens (tertiary/aromatic N) is 2. The Labute approximate surface area is 161 Å². The number of esters is 2. The topological polar surface area (TPSA) is 69.9 Å². The van der Waals surface area contributed by atoms with Crippen LogP contribution in [0.5, 0.6) is 0 Å². The van der Waals surface area contributed by atoms with Gasteiger partial charge in [-0.15, -0.1) is 11.3 Å². The number of rotatable bonds is 6. The van der Waals surface area contributed by atoms with E-state index in [1.54, 1.807) is 32.0 Å². The van der Waals surface area contributed by atoms with Crippen LogP contribution in [0.2, 0.25) is 5.02 Å². The van der Waals surface area contributed by atoms with E-state index in [4.69, 9.17) is 21.1 Å². The average Bonchev–Trinajstić information content (AvgIpc) is 2.99. The molecule has 6 nitrogen and oxygen atoms in total. The Morgan fingerprint density at radius 1 is 1.23 bits per heavy atom. The first-order valence-electron chi connectivity index (χ1n) is 8.13. The van der Waals surface area contributed by atoms with Gasteiger partial charge >= 0.3 is 11.9 Å². The summed E-state index contributed by atoms with van der Waals surface area (Å²) in [7, 11) is 1.89. The number of hydrogen-bond acceptors (Lipinski definition) is 6. The van der Waals surface area contributed by atoms with Crippen LogP contribution in [0.15, 0.2) is 34.8 Å². The van der Waals surface area contributed by atoms with E-state index in [2.05, 4.69) is 4.99 Å². The van der Waals surface area contributed by atoms with E-state index in [9.17, 15) is 9.59 Å². The zero-order valence-electron chi connectivity index (χ0n) is 15.1. The second-order valence-electron chi connectivity index (χ2n) is 5.64. The molecule has 140 valence electrons. The van der Waals surface area contributed by atoms with Crippen LogP contribution in [0.4, 0.5) is 5.69 Å². The highest BCUT2D eigenvalue weighted by Gasteiger charge is 2.47. The van der Waals surface area contributed by atoms with Crippen molar-refractivity contribution >= 4 is 40.6 Å². The largest absolute Gasteiger partial charge is 0.465 e. The fourth-order valence-corrected chi connectivity index (χ4v) is 3.49. The number of carbonyl (C=O) groups is 2. The van der Waals surface area contributed by atoms with Crippen molar-refractivity contribution in [3.8, 4) is 0 Å². The summed E-state index contributed by atoms with van der Waals surface area (Å²) in [6.45, 7) is 5.10. The van der Waals surface area contributed by atoms with Gasteiger partial charge in [-0.05, 0) is 38.5 Å². The van der Waals surface area contributed by atoms with E-state index in [0.717, 1.165) is 4.80 Å². The summed E-state index contributed by atoms with van der Waals surface area (Å²) in [5, 5.41) is 2.17. The van der Waals surface area contributed by atoms with E-state index >= 15 is 0 Å². The summed E-state index contributed by atoms with van der Waals surface area (Å²) in [6, 6.07) is 4.94. The summed E-state index contributed by atoms with van der Waals surface area (Å²) in [4.78, 5) is 30.3. The van der Waals surface area contributed by atoms with Crippen molar-refractivity contribution in [2.75, 3.05) is 13.2 Å². The second kappa shape index (κ2) is 8.51. The fraction of sp³-hybridized carbons (Fsp3) is 0.389. The van der Waals surface area contributed by atoms with Crippen LogP contribution in [0, 0.1) is 0 Å². The lowest BCUT2D eigenvalue weighted by Gasteiger charge is -2.26. The Hall–Kier alpha value is -2.12. The Balaban J connectivity index is 2.51. The molecule has 0 N–H and O–H groups in total. The first-order chi connectivity index (χ1) is 12.3. The first-order valence-corrected chi connectivity index (χ1v) is 9.39. The molecule has 0 amide bonds. The SMILES string of the molecule is CCOC(=O)C(C)(C(=O)OCC)c1ccc(N=c2sccn2C)cc1Cl. The zero-order chi connectivity index (χ0) is 19.3. The number of ether oxygens (including phenoxy) is 2. The highest BCUT2D eigenvalue weighted by Crippen LogP contribution is 2.35. The lowest BCUT2D eigenvalue weighted by Crippen LogP contribution is -2.43. The van der Waals surface area contributed by atoms with Crippen molar-refractivity contribution in [1.29, 1.82) is 0 Å². The lowest BCUT2D eigenvalue weighted by atomic mass is 9.82. The molecular formula is C18H21ClN2O4S. The van der Waals surface area contributed by atoms with Gasteiger partial charge in [-0.1, -0.05) is 17.7 Å². The molecule has 0 atom stereocenters. The van der Waals surface area contributed by atoms with E-state index in [1.807, 2.05) is 23.2 Å². The maximum Gasteiger partial charge on any atom is 0.327 e. The molecule has 0 aliphatic heterocycles. The molecular weight excluding hydrogens is 376 g/mol. The number of benzene rings is 1.